The molecule has 144 valence electrons. The smallest absolute Gasteiger partial charge is 0.349 e. The quantitative estimate of drug-likeness (QED) is 0.321. The second-order valence-electron chi connectivity index (χ2n) is 3.97. The van der Waals surface area contributed by atoms with Gasteiger partial charge < -0.3 is 9.47 Å². The zero-order valence-corrected chi connectivity index (χ0v) is 16.5. The van der Waals surface area contributed by atoms with Crippen molar-refractivity contribution in [3.05, 3.63) is 32.6 Å². The zero-order valence-electron chi connectivity index (χ0n) is 13.2. The lowest BCUT2D eigenvalue weighted by molar-refractivity contribution is 0.0593. The molecule has 0 N–H and O–H groups in total. The maximum absolute atomic E-state index is 12.0. The summed E-state index contributed by atoms with van der Waals surface area (Å²) in [5.41, 5.74) is 0. The molecule has 12 heteroatoms. The minimum absolute atomic E-state index is 0.229. The summed E-state index contributed by atoms with van der Waals surface area (Å²) in [6, 6.07) is 2.96. The predicted molar refractivity (Wildman–Crippen MR) is 95.0 cm³/mol. The van der Waals surface area contributed by atoms with Crippen LogP contribution in [0.1, 0.15) is 19.3 Å². The summed E-state index contributed by atoms with van der Waals surface area (Å²) in [5, 5.41) is 3.16. The van der Waals surface area contributed by atoms with Crippen LogP contribution in [0.4, 0.5) is 17.6 Å². The molecule has 0 fully saturated rings. The number of carbonyl (C=O) groups excluding carboxylic acids is 2. The molecule has 0 spiro atoms. The van der Waals surface area contributed by atoms with Crippen LogP contribution in [-0.2, 0) is 9.47 Å². The summed E-state index contributed by atoms with van der Waals surface area (Å²) in [4.78, 5) is 23.0. The van der Waals surface area contributed by atoms with Gasteiger partial charge in [0.25, 0.3) is 11.5 Å². The van der Waals surface area contributed by atoms with Gasteiger partial charge in [0.1, 0.15) is 9.75 Å². The molecule has 0 saturated heterocycles. The van der Waals surface area contributed by atoms with Gasteiger partial charge >= 0.3 is 11.9 Å². The summed E-state index contributed by atoms with van der Waals surface area (Å²) in [6.45, 7) is 0. The standard InChI is InChI=1S/2C7H6F2O2S2/c2*1-11-6(10)5-4(2-3-12-5)13-7(8)9/h2*2-3,7H,1H3. The highest BCUT2D eigenvalue weighted by atomic mass is 32.2. The average Bonchev–Trinajstić information content (AvgIpc) is 3.22. The highest BCUT2D eigenvalue weighted by Crippen LogP contribution is 2.33. The van der Waals surface area contributed by atoms with Crippen LogP contribution in [0.25, 0.3) is 0 Å². The van der Waals surface area contributed by atoms with Gasteiger partial charge in [-0.3, -0.25) is 0 Å². The maximum atomic E-state index is 12.0. The number of halogens is 4. The van der Waals surface area contributed by atoms with Crippen molar-refractivity contribution in [3.63, 3.8) is 0 Å². The Morgan fingerprint density at radius 1 is 0.846 bits per heavy atom. The Morgan fingerprint density at radius 3 is 1.46 bits per heavy atom. The fourth-order valence-corrected chi connectivity index (χ4v) is 4.67. The number of alkyl halides is 4. The van der Waals surface area contributed by atoms with Gasteiger partial charge in [-0.15, -0.1) is 22.7 Å². The molecular formula is C14H12F4O4S4. The number of thiophene rings is 2. The topological polar surface area (TPSA) is 52.6 Å². The normalized spacial score (nSPS) is 10.5. The first-order valence-electron chi connectivity index (χ1n) is 6.51. The van der Waals surface area contributed by atoms with Gasteiger partial charge in [0, 0.05) is 9.79 Å². The van der Waals surface area contributed by atoms with Crippen LogP contribution in [0.15, 0.2) is 32.7 Å². The van der Waals surface area contributed by atoms with Gasteiger partial charge in [-0.25, -0.2) is 9.59 Å². The number of esters is 2. The van der Waals surface area contributed by atoms with Crippen molar-refractivity contribution in [2.24, 2.45) is 0 Å². The molecule has 0 unspecified atom stereocenters. The van der Waals surface area contributed by atoms with E-state index in [1.807, 2.05) is 0 Å². The van der Waals surface area contributed by atoms with Crippen LogP contribution < -0.4 is 0 Å². The fraction of sp³-hybridized carbons (Fsp3) is 0.286. The second kappa shape index (κ2) is 11.5. The van der Waals surface area contributed by atoms with Gasteiger partial charge in [0.05, 0.1) is 14.2 Å². The average molecular weight is 449 g/mol. The van der Waals surface area contributed by atoms with Crippen molar-refractivity contribution in [1.82, 2.24) is 0 Å². The summed E-state index contributed by atoms with van der Waals surface area (Å²) in [6.07, 6.45) is 0. The SMILES string of the molecule is COC(=O)c1sccc1SC(F)F.COC(=O)c1sccc1SC(F)F. The summed E-state index contributed by atoms with van der Waals surface area (Å²) < 4.78 is 56.7. The number of thioether (sulfide) groups is 2. The first kappa shape index (κ1) is 22.8. The van der Waals surface area contributed by atoms with E-state index in [9.17, 15) is 27.2 Å². The van der Waals surface area contributed by atoms with Crippen molar-refractivity contribution in [2.45, 2.75) is 21.3 Å². The van der Waals surface area contributed by atoms with Gasteiger partial charge in [0.15, 0.2) is 0 Å². The molecule has 0 aromatic carbocycles. The number of hydrogen-bond acceptors (Lipinski definition) is 8. The lowest BCUT2D eigenvalue weighted by Gasteiger charge is -1.99. The van der Waals surface area contributed by atoms with Crippen LogP contribution >= 0.6 is 46.2 Å². The molecule has 2 heterocycles. The van der Waals surface area contributed by atoms with E-state index in [4.69, 9.17) is 0 Å². The zero-order chi connectivity index (χ0) is 19.7. The molecule has 26 heavy (non-hydrogen) atoms. The highest BCUT2D eigenvalue weighted by molar-refractivity contribution is 8.00. The summed E-state index contributed by atoms with van der Waals surface area (Å²) >= 11 is 2.89. The number of hydrogen-bond donors (Lipinski definition) is 0. The van der Waals surface area contributed by atoms with E-state index >= 15 is 0 Å². The van der Waals surface area contributed by atoms with E-state index in [-0.39, 0.29) is 19.5 Å². The molecule has 2 aromatic rings. The van der Waals surface area contributed by atoms with Crippen LogP contribution in [0.3, 0.4) is 0 Å². The molecule has 0 aliphatic rings. The number of ether oxygens (including phenoxy) is 2. The summed E-state index contributed by atoms with van der Waals surface area (Å²) in [7, 11) is 2.44. The first-order chi connectivity index (χ1) is 12.3. The second-order valence-corrected chi connectivity index (χ2v) is 7.86. The van der Waals surface area contributed by atoms with E-state index in [2.05, 4.69) is 9.47 Å². The molecule has 2 rings (SSSR count). The van der Waals surface area contributed by atoms with Crippen molar-refractivity contribution >= 4 is 58.1 Å². The Morgan fingerprint density at radius 2 is 1.19 bits per heavy atom. The van der Waals surface area contributed by atoms with Gasteiger partial charge in [-0.05, 0) is 22.9 Å². The third kappa shape index (κ3) is 7.17. The number of rotatable bonds is 6. The Balaban J connectivity index is 0.000000260. The minimum atomic E-state index is -2.52. The van der Waals surface area contributed by atoms with Gasteiger partial charge in [-0.1, -0.05) is 23.5 Å². The molecule has 2 aromatic heterocycles. The third-order valence-corrected chi connectivity index (χ3v) is 6.02. The molecule has 0 aliphatic carbocycles. The Hall–Kier alpha value is -1.24. The maximum Gasteiger partial charge on any atom is 0.349 e. The molecule has 0 radical (unpaired) electrons. The van der Waals surface area contributed by atoms with Crippen LogP contribution in [0.5, 0.6) is 0 Å². The first-order valence-corrected chi connectivity index (χ1v) is 10.0. The molecule has 0 bridgehead atoms. The largest absolute Gasteiger partial charge is 0.465 e. The monoisotopic (exact) mass is 448 g/mol. The van der Waals surface area contributed by atoms with E-state index in [0.717, 1.165) is 22.7 Å². The third-order valence-electron chi connectivity index (χ3n) is 2.43. The molecular weight excluding hydrogens is 436 g/mol. The Kier molecular flexibility index (Phi) is 10.1. The minimum Gasteiger partial charge on any atom is -0.465 e. The lowest BCUT2D eigenvalue weighted by atomic mass is 10.5. The number of methoxy groups -OCH3 is 2. The van der Waals surface area contributed by atoms with E-state index in [1.165, 1.54) is 26.4 Å². The molecule has 4 nitrogen and oxygen atoms in total. The van der Waals surface area contributed by atoms with Gasteiger partial charge in [0.2, 0.25) is 0 Å². The van der Waals surface area contributed by atoms with Crippen molar-refractivity contribution < 1.29 is 36.6 Å². The molecule has 0 amide bonds. The summed E-state index contributed by atoms with van der Waals surface area (Å²) in [5.74, 6) is -6.17. The highest BCUT2D eigenvalue weighted by Gasteiger charge is 2.18. The predicted octanol–water partition coefficient (Wildman–Crippen LogP) is 5.70. The van der Waals surface area contributed by atoms with Crippen LogP contribution in [-0.4, -0.2) is 37.7 Å². The Bertz CT molecular complexity index is 657. The molecule has 0 saturated carbocycles. The fourth-order valence-electron chi connectivity index (χ4n) is 1.46. The van der Waals surface area contributed by atoms with Crippen molar-refractivity contribution in [3.8, 4) is 0 Å². The molecule has 0 atom stereocenters. The van der Waals surface area contributed by atoms with E-state index in [1.54, 1.807) is 10.8 Å². The Labute approximate surface area is 162 Å². The van der Waals surface area contributed by atoms with Crippen molar-refractivity contribution in [2.75, 3.05) is 14.2 Å². The lowest BCUT2D eigenvalue weighted by Crippen LogP contribution is -1.99. The van der Waals surface area contributed by atoms with E-state index < -0.39 is 23.5 Å². The molecule has 0 aliphatic heterocycles. The van der Waals surface area contributed by atoms with Crippen molar-refractivity contribution in [1.29, 1.82) is 0 Å². The van der Waals surface area contributed by atoms with Gasteiger partial charge in [-0.2, -0.15) is 17.6 Å². The van der Waals surface area contributed by atoms with E-state index in [0.29, 0.717) is 23.5 Å². The van der Waals surface area contributed by atoms with Crippen LogP contribution in [0.2, 0.25) is 0 Å². The van der Waals surface area contributed by atoms with Crippen LogP contribution in [0, 0.1) is 0 Å². The number of carbonyl (C=O) groups is 2.